The molecule has 0 aliphatic carbocycles. The fourth-order valence-corrected chi connectivity index (χ4v) is 3.51. The number of carbonyl (C=O) groups excluding carboxylic acids is 1. The van der Waals surface area contributed by atoms with Crippen molar-refractivity contribution >= 4 is 28.5 Å². The molecule has 0 saturated heterocycles. The van der Waals surface area contributed by atoms with Gasteiger partial charge in [0, 0.05) is 11.6 Å². The number of benzene rings is 2. The molecule has 1 heterocycles. The standard InChI is InChI=1S/C23H26N4O/c1-4-14-23(2,3)18-15-25-19-13-9-8-12-17(19)20(18)21(28)27-22(24)26-16-10-6-5-7-11-16/h5-13,15H,4,14H2,1-3H3,(H3,24,26,27,28). The van der Waals surface area contributed by atoms with Gasteiger partial charge in [-0.05, 0) is 35.6 Å². The molecule has 0 spiro atoms. The van der Waals surface area contributed by atoms with Gasteiger partial charge in [-0.3, -0.25) is 15.1 Å². The summed E-state index contributed by atoms with van der Waals surface area (Å²) in [5, 5.41) is 3.57. The zero-order valence-electron chi connectivity index (χ0n) is 16.6. The summed E-state index contributed by atoms with van der Waals surface area (Å²) in [4.78, 5) is 22.1. The van der Waals surface area contributed by atoms with Gasteiger partial charge in [-0.25, -0.2) is 4.99 Å². The van der Waals surface area contributed by atoms with E-state index in [9.17, 15) is 4.79 Å². The van der Waals surface area contributed by atoms with Crippen LogP contribution in [0, 0.1) is 0 Å². The monoisotopic (exact) mass is 374 g/mol. The number of carbonyl (C=O) groups is 1. The normalized spacial score (nSPS) is 12.2. The van der Waals surface area contributed by atoms with Crippen LogP contribution in [0.25, 0.3) is 10.9 Å². The number of fused-ring (bicyclic) bond motifs is 1. The molecule has 3 N–H and O–H groups in total. The quantitative estimate of drug-likeness (QED) is 0.502. The fraction of sp³-hybridized carbons (Fsp3) is 0.261. The van der Waals surface area contributed by atoms with Crippen LogP contribution < -0.4 is 11.1 Å². The van der Waals surface area contributed by atoms with Crippen molar-refractivity contribution in [3.8, 4) is 0 Å². The molecule has 2 aromatic carbocycles. The molecule has 0 aliphatic heterocycles. The largest absolute Gasteiger partial charge is 0.369 e. The summed E-state index contributed by atoms with van der Waals surface area (Å²) in [7, 11) is 0. The van der Waals surface area contributed by atoms with Crippen LogP contribution in [0.2, 0.25) is 0 Å². The Balaban J connectivity index is 2.04. The summed E-state index contributed by atoms with van der Waals surface area (Å²) in [6, 6.07) is 17.0. The molecule has 28 heavy (non-hydrogen) atoms. The lowest BCUT2D eigenvalue weighted by Crippen LogP contribution is -2.38. The molecule has 0 unspecified atom stereocenters. The first-order chi connectivity index (χ1) is 13.4. The van der Waals surface area contributed by atoms with Crippen LogP contribution in [0.15, 0.2) is 65.8 Å². The molecule has 0 aliphatic rings. The van der Waals surface area contributed by atoms with Crippen LogP contribution >= 0.6 is 0 Å². The van der Waals surface area contributed by atoms with Crippen LogP contribution in [0.5, 0.6) is 0 Å². The Morgan fingerprint density at radius 2 is 1.79 bits per heavy atom. The predicted molar refractivity (Wildman–Crippen MR) is 115 cm³/mol. The molecule has 5 heteroatoms. The highest BCUT2D eigenvalue weighted by Gasteiger charge is 2.28. The molecule has 144 valence electrons. The zero-order chi connectivity index (χ0) is 20.1. The lowest BCUT2D eigenvalue weighted by Gasteiger charge is -2.27. The summed E-state index contributed by atoms with van der Waals surface area (Å²) in [5.74, 6) is -0.202. The second-order valence-corrected chi connectivity index (χ2v) is 7.48. The Morgan fingerprint density at radius 3 is 2.50 bits per heavy atom. The van der Waals surface area contributed by atoms with E-state index >= 15 is 0 Å². The highest BCUT2D eigenvalue weighted by atomic mass is 16.1. The molecule has 3 aromatic rings. The van der Waals surface area contributed by atoms with Crippen LogP contribution in [0.4, 0.5) is 5.69 Å². The minimum Gasteiger partial charge on any atom is -0.369 e. The van der Waals surface area contributed by atoms with Crippen LogP contribution in [-0.4, -0.2) is 16.9 Å². The summed E-state index contributed by atoms with van der Waals surface area (Å²) >= 11 is 0. The fourth-order valence-electron chi connectivity index (χ4n) is 3.51. The number of para-hydroxylation sites is 2. The number of hydrogen-bond acceptors (Lipinski definition) is 3. The summed E-state index contributed by atoms with van der Waals surface area (Å²) in [6.07, 6.45) is 3.77. The van der Waals surface area contributed by atoms with Gasteiger partial charge >= 0.3 is 0 Å². The summed E-state index contributed by atoms with van der Waals surface area (Å²) < 4.78 is 0. The average molecular weight is 374 g/mol. The van der Waals surface area contributed by atoms with Gasteiger partial charge in [0.05, 0.1) is 16.8 Å². The van der Waals surface area contributed by atoms with Crippen molar-refractivity contribution < 1.29 is 4.79 Å². The van der Waals surface area contributed by atoms with Crippen LogP contribution in [-0.2, 0) is 5.41 Å². The van der Waals surface area contributed by atoms with Gasteiger partial charge in [0.1, 0.15) is 0 Å². The molecule has 0 bridgehead atoms. The van der Waals surface area contributed by atoms with Gasteiger partial charge in [0.2, 0.25) is 5.96 Å². The van der Waals surface area contributed by atoms with E-state index in [4.69, 9.17) is 5.73 Å². The Morgan fingerprint density at radius 1 is 1.11 bits per heavy atom. The number of aromatic nitrogens is 1. The van der Waals surface area contributed by atoms with E-state index in [1.165, 1.54) is 0 Å². The minimum atomic E-state index is -0.269. The third-order valence-electron chi connectivity index (χ3n) is 4.85. The van der Waals surface area contributed by atoms with Crippen molar-refractivity contribution in [2.45, 2.75) is 39.0 Å². The number of aliphatic imine (C=N–C) groups is 1. The van der Waals surface area contributed by atoms with E-state index in [2.05, 4.69) is 36.1 Å². The second kappa shape index (κ2) is 8.21. The van der Waals surface area contributed by atoms with E-state index in [-0.39, 0.29) is 17.3 Å². The van der Waals surface area contributed by atoms with E-state index in [1.54, 1.807) is 0 Å². The number of nitrogens with two attached hydrogens (primary N) is 1. The minimum absolute atomic E-state index is 0.0661. The first-order valence-electron chi connectivity index (χ1n) is 9.51. The molecular formula is C23H26N4O. The Labute approximate surface area is 165 Å². The number of rotatable bonds is 5. The van der Waals surface area contributed by atoms with E-state index in [0.717, 1.165) is 29.3 Å². The van der Waals surface area contributed by atoms with Gasteiger partial charge < -0.3 is 5.73 Å². The Kier molecular flexibility index (Phi) is 5.73. The lowest BCUT2D eigenvalue weighted by molar-refractivity contribution is 0.0976. The van der Waals surface area contributed by atoms with Gasteiger partial charge in [-0.1, -0.05) is 63.6 Å². The molecule has 0 radical (unpaired) electrons. The van der Waals surface area contributed by atoms with E-state index in [1.807, 2.05) is 60.8 Å². The van der Waals surface area contributed by atoms with Gasteiger partial charge in [-0.2, -0.15) is 0 Å². The maximum atomic E-state index is 13.2. The van der Waals surface area contributed by atoms with Crippen molar-refractivity contribution in [3.63, 3.8) is 0 Å². The molecule has 1 amide bonds. The van der Waals surface area contributed by atoms with Crippen molar-refractivity contribution in [3.05, 3.63) is 71.9 Å². The maximum absolute atomic E-state index is 13.2. The summed E-state index contributed by atoms with van der Waals surface area (Å²) in [5.41, 5.74) is 8.81. The second-order valence-electron chi connectivity index (χ2n) is 7.48. The van der Waals surface area contributed by atoms with Crippen LogP contribution in [0.3, 0.4) is 0 Å². The topological polar surface area (TPSA) is 80.4 Å². The number of nitrogens with zero attached hydrogens (tertiary/aromatic N) is 2. The molecule has 0 saturated carbocycles. The number of amides is 1. The van der Waals surface area contributed by atoms with E-state index < -0.39 is 0 Å². The van der Waals surface area contributed by atoms with Crippen molar-refractivity contribution in [1.29, 1.82) is 0 Å². The SMILES string of the molecule is CCCC(C)(C)c1cnc2ccccc2c1C(=O)NC(N)=Nc1ccccc1. The van der Waals surface area contributed by atoms with Crippen molar-refractivity contribution in [2.75, 3.05) is 0 Å². The Bertz CT molecular complexity index is 1010. The molecule has 0 atom stereocenters. The lowest BCUT2D eigenvalue weighted by atomic mass is 9.78. The van der Waals surface area contributed by atoms with Gasteiger partial charge in [-0.15, -0.1) is 0 Å². The van der Waals surface area contributed by atoms with Crippen molar-refractivity contribution in [1.82, 2.24) is 10.3 Å². The Hall–Kier alpha value is -3.21. The summed E-state index contributed by atoms with van der Waals surface area (Å²) in [6.45, 7) is 6.42. The molecule has 5 nitrogen and oxygen atoms in total. The average Bonchev–Trinajstić information content (AvgIpc) is 2.67. The van der Waals surface area contributed by atoms with Crippen LogP contribution in [0.1, 0.15) is 49.5 Å². The molecule has 1 aromatic heterocycles. The predicted octanol–water partition coefficient (Wildman–Crippen LogP) is 4.69. The number of nitrogens with one attached hydrogen (secondary N) is 1. The zero-order valence-corrected chi connectivity index (χ0v) is 16.6. The third kappa shape index (κ3) is 4.19. The highest BCUT2D eigenvalue weighted by Crippen LogP contribution is 2.33. The van der Waals surface area contributed by atoms with Gasteiger partial charge in [0.25, 0.3) is 5.91 Å². The molecule has 3 rings (SSSR count). The molecular weight excluding hydrogens is 348 g/mol. The number of hydrogen-bond donors (Lipinski definition) is 2. The third-order valence-corrected chi connectivity index (χ3v) is 4.85. The first-order valence-corrected chi connectivity index (χ1v) is 9.51. The number of guanidine groups is 1. The molecule has 0 fully saturated rings. The van der Waals surface area contributed by atoms with E-state index in [0.29, 0.717) is 11.3 Å². The smallest absolute Gasteiger partial charge is 0.258 e. The first kappa shape index (κ1) is 19.5. The maximum Gasteiger partial charge on any atom is 0.258 e. The van der Waals surface area contributed by atoms with Gasteiger partial charge in [0.15, 0.2) is 0 Å². The number of pyridine rings is 1. The highest BCUT2D eigenvalue weighted by molar-refractivity contribution is 6.13. The van der Waals surface area contributed by atoms with Crippen molar-refractivity contribution in [2.24, 2.45) is 10.7 Å².